The van der Waals surface area contributed by atoms with Gasteiger partial charge in [0.25, 0.3) is 0 Å². The van der Waals surface area contributed by atoms with Crippen LogP contribution in [0.3, 0.4) is 0 Å². The quantitative estimate of drug-likeness (QED) is 0.315. The zero-order valence-electron chi connectivity index (χ0n) is 17.6. The third kappa shape index (κ3) is 2.69. The van der Waals surface area contributed by atoms with E-state index in [-0.39, 0.29) is 5.41 Å². The molecule has 3 heterocycles. The number of benzene rings is 2. The Balaban J connectivity index is 1.56. The lowest BCUT2D eigenvalue weighted by Gasteiger charge is -2.49. The number of ether oxygens (including phenoxy) is 1. The summed E-state index contributed by atoms with van der Waals surface area (Å²) in [5.41, 5.74) is 3.58. The van der Waals surface area contributed by atoms with Crippen molar-refractivity contribution in [2.24, 2.45) is 4.99 Å². The summed E-state index contributed by atoms with van der Waals surface area (Å²) >= 11 is 18.8. The molecule has 3 aliphatic rings. The summed E-state index contributed by atoms with van der Waals surface area (Å²) in [6.45, 7) is 0. The number of halogens is 3. The molecule has 1 atom stereocenters. The van der Waals surface area contributed by atoms with Crippen molar-refractivity contribution in [1.29, 1.82) is 0 Å². The van der Waals surface area contributed by atoms with Crippen molar-refractivity contribution in [2.45, 2.75) is 47.0 Å². The Labute approximate surface area is 202 Å². The van der Waals surface area contributed by atoms with Crippen molar-refractivity contribution in [1.82, 2.24) is 4.98 Å². The van der Waals surface area contributed by atoms with Crippen LogP contribution in [0.5, 0.6) is 5.75 Å². The predicted octanol–water partition coefficient (Wildman–Crippen LogP) is 7.20. The van der Waals surface area contributed by atoms with Gasteiger partial charge < -0.3 is 9.64 Å². The van der Waals surface area contributed by atoms with Gasteiger partial charge in [0.15, 0.2) is 5.75 Å². The lowest BCUT2D eigenvalue weighted by Crippen LogP contribution is -2.63. The van der Waals surface area contributed by atoms with Crippen LogP contribution in [0.15, 0.2) is 53.7 Å². The Morgan fingerprint density at radius 1 is 1.03 bits per heavy atom. The smallest absolute Gasteiger partial charge is 0.229 e. The molecule has 164 valence electrons. The van der Waals surface area contributed by atoms with Gasteiger partial charge in [0, 0.05) is 29.9 Å². The average molecular weight is 487 g/mol. The number of alkyl halides is 3. The Morgan fingerprint density at radius 2 is 1.84 bits per heavy atom. The molecule has 2 aromatic carbocycles. The highest BCUT2D eigenvalue weighted by Gasteiger charge is 2.63. The van der Waals surface area contributed by atoms with Crippen LogP contribution in [0.2, 0.25) is 0 Å². The summed E-state index contributed by atoms with van der Waals surface area (Å²) in [5, 5.41) is 1.05. The molecule has 0 saturated heterocycles. The highest BCUT2D eigenvalue weighted by atomic mass is 35.6. The summed E-state index contributed by atoms with van der Waals surface area (Å²) in [6.07, 6.45) is 9.21. The van der Waals surface area contributed by atoms with Crippen molar-refractivity contribution in [3.8, 4) is 5.75 Å². The van der Waals surface area contributed by atoms with Crippen molar-refractivity contribution in [2.75, 3.05) is 11.9 Å². The molecule has 1 aliphatic carbocycles. The first-order chi connectivity index (χ1) is 15.4. The van der Waals surface area contributed by atoms with E-state index in [0.717, 1.165) is 53.7 Å². The van der Waals surface area contributed by atoms with E-state index in [9.17, 15) is 0 Å². The van der Waals surface area contributed by atoms with Crippen molar-refractivity contribution in [3.63, 3.8) is 0 Å². The van der Waals surface area contributed by atoms with Gasteiger partial charge in [0.2, 0.25) is 9.52 Å². The number of pyridine rings is 1. The third-order valence-electron chi connectivity index (χ3n) is 7.44. The fourth-order valence-corrected chi connectivity index (χ4v) is 6.26. The molecule has 1 aromatic heterocycles. The number of hydrogen-bond acceptors (Lipinski definition) is 4. The molecule has 3 aromatic rings. The molecule has 2 aliphatic heterocycles. The maximum absolute atomic E-state index is 6.94. The molecule has 1 fully saturated rings. The molecule has 0 bridgehead atoms. The lowest BCUT2D eigenvalue weighted by molar-refractivity contribution is 0.0400. The second-order valence-electron chi connectivity index (χ2n) is 8.98. The molecule has 0 amide bonds. The highest BCUT2D eigenvalue weighted by Crippen LogP contribution is 2.60. The van der Waals surface area contributed by atoms with Crippen LogP contribution in [0.25, 0.3) is 10.9 Å². The number of nitrogens with zero attached hydrogens (tertiary/aromatic N) is 3. The largest absolute Gasteiger partial charge is 0.459 e. The van der Waals surface area contributed by atoms with Gasteiger partial charge in [-0.1, -0.05) is 66.2 Å². The first-order valence-corrected chi connectivity index (χ1v) is 12.1. The average Bonchev–Trinajstić information content (AvgIpc) is 2.98. The number of aliphatic imine (C=N–C) groups is 1. The van der Waals surface area contributed by atoms with E-state index in [2.05, 4.69) is 23.0 Å². The summed E-state index contributed by atoms with van der Waals surface area (Å²) in [5.74, 6) is 0.755. The Morgan fingerprint density at radius 3 is 2.62 bits per heavy atom. The van der Waals surface area contributed by atoms with Gasteiger partial charge in [0.1, 0.15) is 5.69 Å². The highest BCUT2D eigenvalue weighted by molar-refractivity contribution is 6.66. The SMILES string of the molecule is CN1c2ccc(C(Cl)(Cl)Cl)cc2C2(CCCCC2)C12C=Nc1c(ccc3cccnc13)O2. The normalized spacial score (nSPS) is 23.4. The van der Waals surface area contributed by atoms with Crippen molar-refractivity contribution >= 4 is 63.3 Å². The summed E-state index contributed by atoms with van der Waals surface area (Å²) < 4.78 is 5.47. The van der Waals surface area contributed by atoms with Gasteiger partial charge in [0.05, 0.1) is 17.1 Å². The Bertz CT molecular complexity index is 1260. The molecule has 2 spiro atoms. The van der Waals surface area contributed by atoms with E-state index in [1.807, 2.05) is 42.6 Å². The maximum atomic E-state index is 6.94. The molecule has 1 unspecified atom stereocenters. The maximum Gasteiger partial charge on any atom is 0.229 e. The predicted molar refractivity (Wildman–Crippen MR) is 132 cm³/mol. The molecule has 7 heteroatoms. The number of hydrogen-bond donors (Lipinski definition) is 0. The van der Waals surface area contributed by atoms with Crippen LogP contribution in [0, 0.1) is 0 Å². The molecule has 0 radical (unpaired) electrons. The van der Waals surface area contributed by atoms with Crippen molar-refractivity contribution < 1.29 is 4.74 Å². The summed E-state index contributed by atoms with van der Waals surface area (Å²) in [6, 6.07) is 14.0. The van der Waals surface area contributed by atoms with Gasteiger partial charge in [-0.2, -0.15) is 0 Å². The Hall–Kier alpha value is -2.01. The van der Waals surface area contributed by atoms with Crippen LogP contribution in [0.4, 0.5) is 11.4 Å². The molecule has 32 heavy (non-hydrogen) atoms. The van der Waals surface area contributed by atoms with Crippen LogP contribution in [0.1, 0.15) is 43.2 Å². The minimum Gasteiger partial charge on any atom is -0.459 e. The fourth-order valence-electron chi connectivity index (χ4n) is 5.90. The molecule has 6 rings (SSSR count). The second kappa shape index (κ2) is 6.99. The lowest BCUT2D eigenvalue weighted by atomic mass is 9.64. The van der Waals surface area contributed by atoms with E-state index in [1.54, 1.807) is 6.20 Å². The van der Waals surface area contributed by atoms with Gasteiger partial charge in [-0.15, -0.1) is 0 Å². The number of aromatic nitrogens is 1. The second-order valence-corrected chi connectivity index (χ2v) is 11.3. The molecule has 4 nitrogen and oxygen atoms in total. The monoisotopic (exact) mass is 485 g/mol. The standard InChI is InChI=1S/C25H22Cl3N3O/c1-31-19-9-8-17(25(26,27)28)14-18(19)23(11-3-2-4-12-23)24(31)15-30-22-20(32-24)10-7-16-6-5-13-29-21(16)22/h5-10,13-15H,2-4,11-12H2,1H3. The number of anilines is 1. The van der Waals surface area contributed by atoms with Gasteiger partial charge in [-0.05, 0) is 48.7 Å². The fraction of sp³-hybridized carbons (Fsp3) is 0.360. The number of likely N-dealkylation sites (N-methyl/N-ethyl adjacent to an activating group) is 1. The molecule has 1 saturated carbocycles. The molecular formula is C25H22Cl3N3O. The zero-order chi connectivity index (χ0) is 22.1. The Kier molecular flexibility index (Phi) is 4.50. The van der Waals surface area contributed by atoms with Crippen LogP contribution in [-0.2, 0) is 9.21 Å². The molecule has 0 N–H and O–H groups in total. The van der Waals surface area contributed by atoms with E-state index >= 15 is 0 Å². The first-order valence-electron chi connectivity index (χ1n) is 10.9. The van der Waals surface area contributed by atoms with E-state index in [1.165, 1.54) is 12.0 Å². The number of rotatable bonds is 0. The number of fused-ring (bicyclic) bond motifs is 6. The van der Waals surface area contributed by atoms with Gasteiger partial charge in [-0.25, -0.2) is 4.99 Å². The minimum absolute atomic E-state index is 0.276. The third-order valence-corrected chi connectivity index (χ3v) is 8.09. The van der Waals surface area contributed by atoms with E-state index in [4.69, 9.17) is 44.5 Å². The van der Waals surface area contributed by atoms with Gasteiger partial charge >= 0.3 is 0 Å². The molecular weight excluding hydrogens is 465 g/mol. The van der Waals surface area contributed by atoms with E-state index in [0.29, 0.717) is 5.56 Å². The van der Waals surface area contributed by atoms with Crippen LogP contribution < -0.4 is 9.64 Å². The minimum atomic E-state index is -1.47. The van der Waals surface area contributed by atoms with E-state index < -0.39 is 9.52 Å². The van der Waals surface area contributed by atoms with Crippen LogP contribution in [-0.4, -0.2) is 24.0 Å². The van der Waals surface area contributed by atoms with Gasteiger partial charge in [-0.3, -0.25) is 4.98 Å². The van der Waals surface area contributed by atoms with Crippen molar-refractivity contribution in [3.05, 3.63) is 59.8 Å². The summed E-state index contributed by atoms with van der Waals surface area (Å²) in [7, 11) is 2.08. The summed E-state index contributed by atoms with van der Waals surface area (Å²) in [4.78, 5) is 11.8. The zero-order valence-corrected chi connectivity index (χ0v) is 19.9. The first kappa shape index (κ1) is 20.6. The topological polar surface area (TPSA) is 37.7 Å². The van der Waals surface area contributed by atoms with Crippen LogP contribution >= 0.6 is 34.8 Å².